The van der Waals surface area contributed by atoms with Crippen molar-refractivity contribution < 1.29 is 10.0 Å². The van der Waals surface area contributed by atoms with Gasteiger partial charge in [-0.05, 0) is 25.5 Å². The molecule has 0 radical (unpaired) electrons. The van der Waals surface area contributed by atoms with E-state index in [2.05, 4.69) is 10.5 Å². The number of carbonyl (C=O) groups excluding carboxylic acids is 1. The maximum atomic E-state index is 12.1. The predicted octanol–water partition coefficient (Wildman–Crippen LogP) is 2.18. The molecule has 0 aliphatic rings. The van der Waals surface area contributed by atoms with Crippen LogP contribution in [-0.2, 0) is 11.3 Å². The van der Waals surface area contributed by atoms with Crippen molar-refractivity contribution in [3.63, 3.8) is 0 Å². The van der Waals surface area contributed by atoms with Crippen molar-refractivity contribution in [2.75, 3.05) is 0 Å². The SMILES string of the molecule is CCC(C)(C(=O)NCc1ccc(Cl)s1)/C(N)=N/O. The first-order valence-corrected chi connectivity index (χ1v) is 6.64. The summed E-state index contributed by atoms with van der Waals surface area (Å²) >= 11 is 7.20. The van der Waals surface area contributed by atoms with Gasteiger partial charge in [0.2, 0.25) is 5.91 Å². The summed E-state index contributed by atoms with van der Waals surface area (Å²) in [4.78, 5) is 13.0. The van der Waals surface area contributed by atoms with Crippen LogP contribution in [0.2, 0.25) is 4.34 Å². The third kappa shape index (κ3) is 3.14. The molecule has 0 saturated carbocycles. The molecule has 0 aliphatic heterocycles. The highest BCUT2D eigenvalue weighted by Crippen LogP contribution is 2.24. The molecule has 1 rings (SSSR count). The van der Waals surface area contributed by atoms with Crippen molar-refractivity contribution in [1.29, 1.82) is 0 Å². The highest BCUT2D eigenvalue weighted by atomic mass is 35.5. The van der Waals surface area contributed by atoms with Crippen LogP contribution < -0.4 is 11.1 Å². The zero-order valence-corrected chi connectivity index (χ0v) is 11.8. The lowest BCUT2D eigenvalue weighted by Gasteiger charge is -2.25. The lowest BCUT2D eigenvalue weighted by Crippen LogP contribution is -2.47. The Bertz CT molecular complexity index is 461. The van der Waals surface area contributed by atoms with Crippen LogP contribution in [0.3, 0.4) is 0 Å². The molecule has 1 atom stereocenters. The average Bonchev–Trinajstić information content (AvgIpc) is 2.79. The fourth-order valence-corrected chi connectivity index (χ4v) is 2.40. The first-order chi connectivity index (χ1) is 8.43. The lowest BCUT2D eigenvalue weighted by molar-refractivity contribution is -0.127. The van der Waals surface area contributed by atoms with Crippen LogP contribution in [0.5, 0.6) is 0 Å². The molecule has 0 spiro atoms. The van der Waals surface area contributed by atoms with Crippen molar-refractivity contribution >= 4 is 34.7 Å². The third-order valence-corrected chi connectivity index (χ3v) is 4.16. The minimum Gasteiger partial charge on any atom is -0.409 e. The summed E-state index contributed by atoms with van der Waals surface area (Å²) in [5, 5.41) is 14.4. The highest BCUT2D eigenvalue weighted by molar-refractivity contribution is 7.16. The summed E-state index contributed by atoms with van der Waals surface area (Å²) < 4.78 is 0.675. The van der Waals surface area contributed by atoms with Gasteiger partial charge in [0.05, 0.1) is 10.9 Å². The van der Waals surface area contributed by atoms with Crippen LogP contribution in [0.15, 0.2) is 17.3 Å². The molecule has 1 aromatic rings. The Morgan fingerprint density at radius 2 is 2.33 bits per heavy atom. The zero-order valence-electron chi connectivity index (χ0n) is 10.2. The maximum Gasteiger partial charge on any atom is 0.233 e. The molecule has 5 nitrogen and oxygen atoms in total. The predicted molar refractivity (Wildman–Crippen MR) is 73.0 cm³/mol. The Morgan fingerprint density at radius 1 is 1.67 bits per heavy atom. The van der Waals surface area contributed by atoms with Gasteiger partial charge in [-0.2, -0.15) is 0 Å². The van der Waals surface area contributed by atoms with E-state index >= 15 is 0 Å². The van der Waals surface area contributed by atoms with Crippen molar-refractivity contribution in [2.45, 2.75) is 26.8 Å². The second-order valence-electron chi connectivity index (χ2n) is 4.06. The molecular weight excluding hydrogens is 274 g/mol. The van der Waals surface area contributed by atoms with Crippen LogP contribution in [0, 0.1) is 5.41 Å². The van der Waals surface area contributed by atoms with Gasteiger partial charge in [0.15, 0.2) is 5.84 Å². The Morgan fingerprint density at radius 3 is 2.78 bits per heavy atom. The van der Waals surface area contributed by atoms with Crippen molar-refractivity contribution in [1.82, 2.24) is 5.32 Å². The lowest BCUT2D eigenvalue weighted by atomic mass is 9.85. The van der Waals surface area contributed by atoms with Gasteiger partial charge in [-0.1, -0.05) is 23.7 Å². The molecule has 0 aromatic carbocycles. The van der Waals surface area contributed by atoms with E-state index in [4.69, 9.17) is 22.5 Å². The molecule has 1 aromatic heterocycles. The second-order valence-corrected chi connectivity index (χ2v) is 5.86. The maximum absolute atomic E-state index is 12.1. The van der Waals surface area contributed by atoms with E-state index in [9.17, 15) is 4.79 Å². The third-order valence-electron chi connectivity index (χ3n) is 2.93. The van der Waals surface area contributed by atoms with E-state index in [1.54, 1.807) is 19.9 Å². The number of amides is 1. The summed E-state index contributed by atoms with van der Waals surface area (Å²) in [5.41, 5.74) is 4.55. The fourth-order valence-electron chi connectivity index (χ4n) is 1.38. The molecule has 0 fully saturated rings. The molecule has 0 bridgehead atoms. The summed E-state index contributed by atoms with van der Waals surface area (Å²) in [6.45, 7) is 3.82. The quantitative estimate of drug-likeness (QED) is 0.336. The molecule has 100 valence electrons. The second kappa shape index (κ2) is 6.06. The number of carbonyl (C=O) groups is 1. The smallest absolute Gasteiger partial charge is 0.233 e. The van der Waals surface area contributed by atoms with Gasteiger partial charge < -0.3 is 16.3 Å². The summed E-state index contributed by atoms with van der Waals surface area (Å²) in [6.07, 6.45) is 0.444. The average molecular weight is 290 g/mol. The van der Waals surface area contributed by atoms with Gasteiger partial charge in [0, 0.05) is 4.88 Å². The van der Waals surface area contributed by atoms with Crippen LogP contribution >= 0.6 is 22.9 Å². The van der Waals surface area contributed by atoms with Crippen LogP contribution in [0.25, 0.3) is 0 Å². The van der Waals surface area contributed by atoms with E-state index < -0.39 is 5.41 Å². The van der Waals surface area contributed by atoms with Crippen molar-refractivity contribution in [3.05, 3.63) is 21.3 Å². The molecule has 1 amide bonds. The minimum absolute atomic E-state index is 0.0910. The monoisotopic (exact) mass is 289 g/mol. The summed E-state index contributed by atoms with van der Waals surface area (Å²) in [7, 11) is 0. The topological polar surface area (TPSA) is 87.7 Å². The van der Waals surface area contributed by atoms with Gasteiger partial charge >= 0.3 is 0 Å². The van der Waals surface area contributed by atoms with E-state index in [-0.39, 0.29) is 11.7 Å². The van der Waals surface area contributed by atoms with Crippen LogP contribution in [-0.4, -0.2) is 17.0 Å². The number of halogens is 1. The number of rotatable bonds is 5. The normalized spacial score (nSPS) is 15.2. The number of nitrogens with one attached hydrogen (secondary N) is 1. The van der Waals surface area contributed by atoms with Gasteiger partial charge in [-0.25, -0.2) is 0 Å². The number of hydrogen-bond acceptors (Lipinski definition) is 4. The van der Waals surface area contributed by atoms with Gasteiger partial charge in [0.25, 0.3) is 0 Å². The Kier molecular flexibility index (Phi) is 4.98. The fraction of sp³-hybridized carbons (Fsp3) is 0.455. The van der Waals surface area contributed by atoms with Gasteiger partial charge in [0.1, 0.15) is 5.41 Å². The Labute approximate surface area is 115 Å². The van der Waals surface area contributed by atoms with E-state index in [1.165, 1.54) is 11.3 Å². The molecular formula is C11H16ClN3O2S. The van der Waals surface area contributed by atoms with Gasteiger partial charge in [-0.3, -0.25) is 4.79 Å². The molecule has 0 saturated heterocycles. The molecule has 0 aliphatic carbocycles. The summed E-state index contributed by atoms with van der Waals surface area (Å²) in [6, 6.07) is 3.62. The van der Waals surface area contributed by atoms with Crippen molar-refractivity contribution in [2.24, 2.45) is 16.3 Å². The summed E-state index contributed by atoms with van der Waals surface area (Å²) in [5.74, 6) is -0.364. The zero-order chi connectivity index (χ0) is 13.8. The van der Waals surface area contributed by atoms with E-state index in [0.29, 0.717) is 17.3 Å². The Balaban J connectivity index is 2.69. The highest BCUT2D eigenvalue weighted by Gasteiger charge is 2.36. The van der Waals surface area contributed by atoms with Crippen LogP contribution in [0.1, 0.15) is 25.1 Å². The first kappa shape index (κ1) is 14.8. The molecule has 7 heteroatoms. The number of oxime groups is 1. The number of nitrogens with zero attached hydrogens (tertiary/aromatic N) is 1. The van der Waals surface area contributed by atoms with Crippen LogP contribution in [0.4, 0.5) is 0 Å². The molecule has 1 heterocycles. The van der Waals surface area contributed by atoms with Gasteiger partial charge in [-0.15, -0.1) is 11.3 Å². The molecule has 4 N–H and O–H groups in total. The number of nitrogens with two attached hydrogens (primary N) is 1. The first-order valence-electron chi connectivity index (χ1n) is 5.44. The number of hydrogen-bond donors (Lipinski definition) is 3. The largest absolute Gasteiger partial charge is 0.409 e. The standard InChI is InChI=1S/C11H16ClN3O2S/c1-3-11(2,9(13)15-17)10(16)14-6-7-4-5-8(12)18-7/h4-5,17H,3,6H2,1-2H3,(H2,13,15)(H,14,16). The molecule has 1 unspecified atom stereocenters. The van der Waals surface area contributed by atoms with E-state index in [0.717, 1.165) is 4.88 Å². The minimum atomic E-state index is -1.00. The van der Waals surface area contributed by atoms with E-state index in [1.807, 2.05) is 6.07 Å². The number of amidine groups is 1. The Hall–Kier alpha value is -1.27. The molecule has 18 heavy (non-hydrogen) atoms. The van der Waals surface area contributed by atoms with Crippen molar-refractivity contribution in [3.8, 4) is 0 Å². The number of thiophene rings is 1.